The van der Waals surface area contributed by atoms with Crippen LogP contribution in [0.1, 0.15) is 39.0 Å². The van der Waals surface area contributed by atoms with Gasteiger partial charge in [0.1, 0.15) is 5.25 Å². The van der Waals surface area contributed by atoms with Gasteiger partial charge < -0.3 is 9.67 Å². The molecule has 0 aliphatic heterocycles. The molecule has 0 radical (unpaired) electrons. The normalized spacial score (nSPS) is 12.6. The van der Waals surface area contributed by atoms with E-state index in [1.807, 2.05) is 17.8 Å². The number of aromatic nitrogens is 2. The summed E-state index contributed by atoms with van der Waals surface area (Å²) in [6.07, 6.45) is 8.68. The standard InChI is InChI=1S/C12H20N2O2S/c1-3-4-5-6-7-10(11(15)16)17-12-13-8-9-14(12)2/h8-10H,3-7H2,1-2H3,(H,15,16). The molecule has 1 aromatic rings. The highest BCUT2D eigenvalue weighted by Crippen LogP contribution is 2.25. The summed E-state index contributed by atoms with van der Waals surface area (Å²) in [5, 5.41) is 9.55. The summed E-state index contributed by atoms with van der Waals surface area (Å²) in [4.78, 5) is 15.3. The second-order valence-corrected chi connectivity index (χ2v) is 5.28. The molecule has 0 saturated carbocycles. The van der Waals surface area contributed by atoms with Crippen molar-refractivity contribution in [3.63, 3.8) is 0 Å². The SMILES string of the molecule is CCCCCCC(Sc1nccn1C)C(=O)O. The van der Waals surface area contributed by atoms with Crippen LogP contribution in [0, 0.1) is 0 Å². The maximum Gasteiger partial charge on any atom is 0.317 e. The fraction of sp³-hybridized carbons (Fsp3) is 0.667. The number of thioether (sulfide) groups is 1. The van der Waals surface area contributed by atoms with Gasteiger partial charge in [-0.1, -0.05) is 44.4 Å². The van der Waals surface area contributed by atoms with Crippen LogP contribution in [0.3, 0.4) is 0 Å². The summed E-state index contributed by atoms with van der Waals surface area (Å²) in [5.41, 5.74) is 0. The number of rotatable bonds is 8. The molecule has 1 N–H and O–H groups in total. The summed E-state index contributed by atoms with van der Waals surface area (Å²) in [6.45, 7) is 2.15. The van der Waals surface area contributed by atoms with Crippen LogP contribution in [0.5, 0.6) is 0 Å². The molecule has 1 atom stereocenters. The largest absolute Gasteiger partial charge is 0.480 e. The molecule has 1 rings (SSSR count). The van der Waals surface area contributed by atoms with Gasteiger partial charge in [0.25, 0.3) is 0 Å². The van der Waals surface area contributed by atoms with E-state index in [2.05, 4.69) is 11.9 Å². The molecule has 0 saturated heterocycles. The lowest BCUT2D eigenvalue weighted by Crippen LogP contribution is -2.17. The van der Waals surface area contributed by atoms with Crippen molar-refractivity contribution < 1.29 is 9.90 Å². The predicted octanol–water partition coefficient (Wildman–Crippen LogP) is 2.94. The lowest BCUT2D eigenvalue weighted by molar-refractivity contribution is -0.136. The summed E-state index contributed by atoms with van der Waals surface area (Å²) in [5.74, 6) is -0.741. The smallest absolute Gasteiger partial charge is 0.317 e. The highest BCUT2D eigenvalue weighted by molar-refractivity contribution is 8.00. The molecule has 0 fully saturated rings. The lowest BCUT2D eigenvalue weighted by Gasteiger charge is -2.11. The average Bonchev–Trinajstić information content (AvgIpc) is 2.68. The molecule has 4 nitrogen and oxygen atoms in total. The Morgan fingerprint density at radius 2 is 2.29 bits per heavy atom. The van der Waals surface area contributed by atoms with Crippen LogP contribution in [-0.2, 0) is 11.8 Å². The highest BCUT2D eigenvalue weighted by Gasteiger charge is 2.20. The first kappa shape index (κ1) is 14.1. The number of nitrogens with zero attached hydrogens (tertiary/aromatic N) is 2. The van der Waals surface area contributed by atoms with E-state index < -0.39 is 5.97 Å². The molecule has 0 bridgehead atoms. The number of unbranched alkanes of at least 4 members (excludes halogenated alkanes) is 3. The van der Waals surface area contributed by atoms with E-state index in [0.717, 1.165) is 18.0 Å². The summed E-state index contributed by atoms with van der Waals surface area (Å²) in [7, 11) is 1.88. The van der Waals surface area contributed by atoms with Crippen molar-refractivity contribution in [3.8, 4) is 0 Å². The number of aryl methyl sites for hydroxylation is 1. The summed E-state index contributed by atoms with van der Waals surface area (Å²) >= 11 is 1.34. The lowest BCUT2D eigenvalue weighted by atomic mass is 10.1. The zero-order valence-corrected chi connectivity index (χ0v) is 11.2. The van der Waals surface area contributed by atoms with Crippen molar-refractivity contribution in [1.82, 2.24) is 9.55 Å². The Balaban J connectivity index is 2.44. The van der Waals surface area contributed by atoms with Crippen LogP contribution in [0.25, 0.3) is 0 Å². The molecule has 0 aliphatic rings. The molecular weight excluding hydrogens is 236 g/mol. The van der Waals surface area contributed by atoms with E-state index in [4.69, 9.17) is 5.11 Å². The third-order valence-corrected chi connectivity index (χ3v) is 3.95. The Morgan fingerprint density at radius 1 is 1.53 bits per heavy atom. The Labute approximate surface area is 106 Å². The van der Waals surface area contributed by atoms with Crippen LogP contribution >= 0.6 is 11.8 Å². The van der Waals surface area contributed by atoms with E-state index in [1.165, 1.54) is 24.6 Å². The molecule has 1 heterocycles. The van der Waals surface area contributed by atoms with Gasteiger partial charge >= 0.3 is 5.97 Å². The van der Waals surface area contributed by atoms with Gasteiger partial charge in [0.15, 0.2) is 5.16 Å². The van der Waals surface area contributed by atoms with Gasteiger partial charge in [0, 0.05) is 19.4 Å². The fourth-order valence-electron chi connectivity index (χ4n) is 1.58. The molecule has 1 unspecified atom stereocenters. The van der Waals surface area contributed by atoms with Crippen LogP contribution in [-0.4, -0.2) is 25.9 Å². The fourth-order valence-corrected chi connectivity index (χ4v) is 2.57. The Hall–Kier alpha value is -0.970. The van der Waals surface area contributed by atoms with Crippen LogP contribution in [0.4, 0.5) is 0 Å². The topological polar surface area (TPSA) is 55.1 Å². The van der Waals surface area contributed by atoms with Crippen LogP contribution < -0.4 is 0 Å². The molecular formula is C12H20N2O2S. The van der Waals surface area contributed by atoms with Gasteiger partial charge in [0.05, 0.1) is 0 Å². The van der Waals surface area contributed by atoms with Crippen LogP contribution in [0.2, 0.25) is 0 Å². The van der Waals surface area contributed by atoms with Crippen LogP contribution in [0.15, 0.2) is 17.6 Å². The van der Waals surface area contributed by atoms with Crippen molar-refractivity contribution in [2.45, 2.75) is 49.4 Å². The molecule has 0 aromatic carbocycles. The zero-order chi connectivity index (χ0) is 12.7. The third kappa shape index (κ3) is 4.81. The van der Waals surface area contributed by atoms with Crippen molar-refractivity contribution in [3.05, 3.63) is 12.4 Å². The van der Waals surface area contributed by atoms with Gasteiger partial charge in [-0.25, -0.2) is 4.98 Å². The highest BCUT2D eigenvalue weighted by atomic mass is 32.2. The molecule has 1 aromatic heterocycles. The van der Waals surface area contributed by atoms with Gasteiger partial charge in [-0.15, -0.1) is 0 Å². The first-order valence-corrected chi connectivity index (χ1v) is 6.90. The quantitative estimate of drug-likeness (QED) is 0.574. The molecule has 0 aliphatic carbocycles. The van der Waals surface area contributed by atoms with E-state index in [1.54, 1.807) is 6.20 Å². The number of carboxylic acids is 1. The van der Waals surface area contributed by atoms with E-state index >= 15 is 0 Å². The second kappa shape index (κ2) is 7.37. The Bertz CT molecular complexity index is 352. The van der Waals surface area contributed by atoms with E-state index in [-0.39, 0.29) is 5.25 Å². The Morgan fingerprint density at radius 3 is 2.82 bits per heavy atom. The van der Waals surface area contributed by atoms with Crippen molar-refractivity contribution in [1.29, 1.82) is 0 Å². The van der Waals surface area contributed by atoms with Gasteiger partial charge in [0.2, 0.25) is 0 Å². The third-order valence-electron chi connectivity index (χ3n) is 2.62. The molecule has 0 amide bonds. The number of carboxylic acid groups (broad SMARTS) is 1. The van der Waals surface area contributed by atoms with Gasteiger partial charge in [-0.3, -0.25) is 4.79 Å². The van der Waals surface area contributed by atoms with Gasteiger partial charge in [-0.05, 0) is 6.42 Å². The zero-order valence-electron chi connectivity index (χ0n) is 10.4. The minimum Gasteiger partial charge on any atom is -0.480 e. The van der Waals surface area contributed by atoms with E-state index in [9.17, 15) is 4.79 Å². The number of hydrogen-bond acceptors (Lipinski definition) is 3. The molecule has 0 spiro atoms. The summed E-state index contributed by atoms with van der Waals surface area (Å²) < 4.78 is 1.85. The molecule has 17 heavy (non-hydrogen) atoms. The van der Waals surface area contributed by atoms with Crippen molar-refractivity contribution in [2.24, 2.45) is 7.05 Å². The minimum absolute atomic E-state index is 0.382. The number of imidazole rings is 1. The monoisotopic (exact) mass is 256 g/mol. The maximum absolute atomic E-state index is 11.1. The number of carbonyl (C=O) groups is 1. The molecule has 96 valence electrons. The van der Waals surface area contributed by atoms with Gasteiger partial charge in [-0.2, -0.15) is 0 Å². The minimum atomic E-state index is -0.741. The van der Waals surface area contributed by atoms with Crippen molar-refractivity contribution >= 4 is 17.7 Å². The number of hydrogen-bond donors (Lipinski definition) is 1. The first-order chi connectivity index (χ1) is 8.15. The second-order valence-electron chi connectivity index (χ2n) is 4.11. The first-order valence-electron chi connectivity index (χ1n) is 6.02. The van der Waals surface area contributed by atoms with E-state index in [0.29, 0.717) is 6.42 Å². The number of aliphatic carboxylic acids is 1. The molecule has 5 heteroatoms. The maximum atomic E-state index is 11.1. The Kier molecular flexibility index (Phi) is 6.11. The predicted molar refractivity (Wildman–Crippen MR) is 69.2 cm³/mol. The van der Waals surface area contributed by atoms with Crippen molar-refractivity contribution in [2.75, 3.05) is 0 Å². The average molecular weight is 256 g/mol. The summed E-state index contributed by atoms with van der Waals surface area (Å²) in [6, 6.07) is 0.